The van der Waals surface area contributed by atoms with Crippen LogP contribution >= 0.6 is 23.1 Å². The number of thioether (sulfide) groups is 1. The van der Waals surface area contributed by atoms with Gasteiger partial charge in [0.2, 0.25) is 5.91 Å². The molecule has 0 atom stereocenters. The predicted octanol–water partition coefficient (Wildman–Crippen LogP) is 4.06. The van der Waals surface area contributed by atoms with Gasteiger partial charge in [-0.25, -0.2) is 0 Å². The van der Waals surface area contributed by atoms with Crippen molar-refractivity contribution in [1.29, 1.82) is 0 Å². The number of thiophene rings is 1. The van der Waals surface area contributed by atoms with Gasteiger partial charge in [0.05, 0.1) is 11.3 Å². The molecule has 0 saturated heterocycles. The number of benzene rings is 1. The molecule has 1 aromatic heterocycles. The van der Waals surface area contributed by atoms with Crippen molar-refractivity contribution >= 4 is 46.4 Å². The van der Waals surface area contributed by atoms with Gasteiger partial charge in [-0.3, -0.25) is 14.4 Å². The average molecular weight is 377 g/mol. The number of Topliss-reactive ketones (excluding diaryl/α,β-unsaturated/α-hetero) is 1. The lowest BCUT2D eigenvalue weighted by molar-refractivity contribution is -0.136. The van der Waals surface area contributed by atoms with Gasteiger partial charge < -0.3 is 10.4 Å². The molecular weight excluding hydrogens is 358 g/mol. The smallest absolute Gasteiger partial charge is 0.304 e. The van der Waals surface area contributed by atoms with Crippen LogP contribution in [-0.2, 0) is 15.3 Å². The molecular formula is C18H19NO4S2. The Morgan fingerprint density at radius 3 is 2.64 bits per heavy atom. The summed E-state index contributed by atoms with van der Waals surface area (Å²) in [5.41, 5.74) is 1.70. The number of carbonyl (C=O) groups excluding carboxylic acids is 2. The van der Waals surface area contributed by atoms with E-state index >= 15 is 0 Å². The van der Waals surface area contributed by atoms with Crippen molar-refractivity contribution in [1.82, 2.24) is 0 Å². The minimum Gasteiger partial charge on any atom is -0.481 e. The third kappa shape index (κ3) is 7.11. The third-order valence-corrected chi connectivity index (χ3v) is 5.26. The van der Waals surface area contributed by atoms with Gasteiger partial charge in [0.15, 0.2) is 5.78 Å². The van der Waals surface area contributed by atoms with Gasteiger partial charge in [0.25, 0.3) is 0 Å². The summed E-state index contributed by atoms with van der Waals surface area (Å²) in [5.74, 6) is 0.227. The van der Waals surface area contributed by atoms with Crippen molar-refractivity contribution in [2.75, 3.05) is 11.1 Å². The Hall–Kier alpha value is -2.12. The molecule has 2 N–H and O–H groups in total. The predicted molar refractivity (Wildman–Crippen MR) is 101 cm³/mol. The van der Waals surface area contributed by atoms with E-state index in [2.05, 4.69) is 5.32 Å². The number of ketones is 1. The summed E-state index contributed by atoms with van der Waals surface area (Å²) in [6, 6.07) is 11.0. The molecule has 1 heterocycles. The lowest BCUT2D eigenvalue weighted by Crippen LogP contribution is -2.13. The van der Waals surface area contributed by atoms with Gasteiger partial charge in [-0.1, -0.05) is 18.2 Å². The Labute approximate surface area is 154 Å². The first-order chi connectivity index (χ1) is 12.0. The third-order valence-electron chi connectivity index (χ3n) is 3.31. The quantitative estimate of drug-likeness (QED) is 0.482. The van der Waals surface area contributed by atoms with E-state index in [0.717, 1.165) is 5.56 Å². The second-order valence-corrected chi connectivity index (χ2v) is 7.40. The zero-order chi connectivity index (χ0) is 18.1. The summed E-state index contributed by atoms with van der Waals surface area (Å²) < 4.78 is 0. The Morgan fingerprint density at radius 1 is 1.08 bits per heavy atom. The van der Waals surface area contributed by atoms with Crippen LogP contribution < -0.4 is 5.32 Å². The molecule has 0 aliphatic carbocycles. The number of carboxylic acids is 1. The second-order valence-electron chi connectivity index (χ2n) is 5.35. The van der Waals surface area contributed by atoms with E-state index in [0.29, 0.717) is 22.1 Å². The molecule has 0 radical (unpaired) electrons. The monoisotopic (exact) mass is 377 g/mol. The maximum Gasteiger partial charge on any atom is 0.304 e. The molecule has 5 nitrogen and oxygen atoms in total. The highest BCUT2D eigenvalue weighted by atomic mass is 32.2. The van der Waals surface area contributed by atoms with E-state index in [4.69, 9.17) is 5.11 Å². The van der Waals surface area contributed by atoms with Crippen LogP contribution in [0.25, 0.3) is 0 Å². The summed E-state index contributed by atoms with van der Waals surface area (Å²) in [4.78, 5) is 35.1. The number of nitrogens with one attached hydrogen (secondary N) is 1. The van der Waals surface area contributed by atoms with Crippen LogP contribution in [0.5, 0.6) is 0 Å². The van der Waals surface area contributed by atoms with Crippen LogP contribution in [0.2, 0.25) is 0 Å². The van der Waals surface area contributed by atoms with E-state index in [1.54, 1.807) is 12.1 Å². The van der Waals surface area contributed by atoms with Crippen molar-refractivity contribution in [3.63, 3.8) is 0 Å². The standard InChI is InChI=1S/C18H19NO4S2/c20-15(16-5-2-9-25-16)6-7-17(21)19-14-4-1-3-13(11-14)12-24-10-8-18(22)23/h1-5,9,11H,6-8,10,12H2,(H,19,21)(H,22,23). The summed E-state index contributed by atoms with van der Waals surface area (Å²) in [5, 5.41) is 13.3. The van der Waals surface area contributed by atoms with E-state index in [1.807, 2.05) is 29.6 Å². The van der Waals surface area contributed by atoms with Gasteiger partial charge in [0.1, 0.15) is 0 Å². The van der Waals surface area contributed by atoms with Crippen LogP contribution in [0, 0.1) is 0 Å². The molecule has 25 heavy (non-hydrogen) atoms. The second kappa shape index (κ2) is 10.0. The number of aliphatic carboxylic acids is 1. The average Bonchev–Trinajstić information content (AvgIpc) is 3.11. The van der Waals surface area contributed by atoms with Crippen LogP contribution in [-0.4, -0.2) is 28.5 Å². The molecule has 0 saturated carbocycles. The fourth-order valence-corrected chi connectivity index (χ4v) is 3.67. The summed E-state index contributed by atoms with van der Waals surface area (Å²) in [6.45, 7) is 0. The van der Waals surface area contributed by atoms with Crippen LogP contribution in [0.3, 0.4) is 0 Å². The Balaban J connectivity index is 1.77. The zero-order valence-electron chi connectivity index (χ0n) is 13.6. The van der Waals surface area contributed by atoms with Crippen molar-refractivity contribution in [3.05, 3.63) is 52.2 Å². The molecule has 2 aromatic rings. The minimum absolute atomic E-state index is 0.0197. The molecule has 1 aromatic carbocycles. The first-order valence-corrected chi connectivity index (χ1v) is 9.83. The number of carbonyl (C=O) groups is 3. The largest absolute Gasteiger partial charge is 0.481 e. The normalized spacial score (nSPS) is 10.4. The highest BCUT2D eigenvalue weighted by molar-refractivity contribution is 7.98. The van der Waals surface area contributed by atoms with Crippen molar-refractivity contribution in [2.45, 2.75) is 25.0 Å². The Morgan fingerprint density at radius 2 is 1.92 bits per heavy atom. The molecule has 0 aliphatic heterocycles. The Kier molecular flexibility index (Phi) is 7.69. The topological polar surface area (TPSA) is 83.5 Å². The summed E-state index contributed by atoms with van der Waals surface area (Å²) in [7, 11) is 0. The highest BCUT2D eigenvalue weighted by Crippen LogP contribution is 2.18. The maximum absolute atomic E-state index is 12.0. The van der Waals surface area contributed by atoms with Crippen LogP contribution in [0.1, 0.15) is 34.5 Å². The molecule has 7 heteroatoms. The van der Waals surface area contributed by atoms with Gasteiger partial charge in [-0.15, -0.1) is 11.3 Å². The van der Waals surface area contributed by atoms with Crippen molar-refractivity contribution in [3.8, 4) is 0 Å². The number of carboxylic acid groups (broad SMARTS) is 1. The SMILES string of the molecule is O=C(O)CCSCc1cccc(NC(=O)CCC(=O)c2cccs2)c1. The van der Waals surface area contributed by atoms with E-state index in [9.17, 15) is 14.4 Å². The number of rotatable bonds is 10. The molecule has 1 amide bonds. The van der Waals surface area contributed by atoms with Gasteiger partial charge in [-0.2, -0.15) is 11.8 Å². The van der Waals surface area contributed by atoms with E-state index < -0.39 is 5.97 Å². The molecule has 0 unspecified atom stereocenters. The van der Waals surface area contributed by atoms with E-state index in [-0.39, 0.29) is 31.0 Å². The number of anilines is 1. The molecule has 0 bridgehead atoms. The molecule has 132 valence electrons. The highest BCUT2D eigenvalue weighted by Gasteiger charge is 2.10. The molecule has 0 aliphatic rings. The van der Waals surface area contributed by atoms with Crippen molar-refractivity contribution < 1.29 is 19.5 Å². The van der Waals surface area contributed by atoms with Gasteiger partial charge in [0, 0.05) is 30.0 Å². The maximum atomic E-state index is 12.0. The van der Waals surface area contributed by atoms with Crippen LogP contribution in [0.15, 0.2) is 41.8 Å². The lowest BCUT2D eigenvalue weighted by atomic mass is 10.1. The summed E-state index contributed by atoms with van der Waals surface area (Å²) >= 11 is 2.92. The number of hydrogen-bond acceptors (Lipinski definition) is 5. The fourth-order valence-electron chi connectivity index (χ4n) is 2.10. The lowest BCUT2D eigenvalue weighted by Gasteiger charge is -2.07. The van der Waals surface area contributed by atoms with Crippen LogP contribution in [0.4, 0.5) is 5.69 Å². The first-order valence-electron chi connectivity index (χ1n) is 7.79. The minimum atomic E-state index is -0.800. The Bertz CT molecular complexity index is 728. The first kappa shape index (κ1) is 19.2. The zero-order valence-corrected chi connectivity index (χ0v) is 15.2. The van der Waals surface area contributed by atoms with Gasteiger partial charge in [-0.05, 0) is 29.1 Å². The molecule has 2 rings (SSSR count). The molecule has 0 fully saturated rings. The number of amides is 1. The fraction of sp³-hybridized carbons (Fsp3) is 0.278. The number of hydrogen-bond donors (Lipinski definition) is 2. The summed E-state index contributed by atoms with van der Waals surface area (Å²) in [6.07, 6.45) is 0.477. The van der Waals surface area contributed by atoms with Crippen molar-refractivity contribution in [2.24, 2.45) is 0 Å². The molecule has 0 spiro atoms. The van der Waals surface area contributed by atoms with E-state index in [1.165, 1.54) is 23.1 Å². The van der Waals surface area contributed by atoms with Gasteiger partial charge >= 0.3 is 5.97 Å².